The van der Waals surface area contributed by atoms with E-state index in [4.69, 9.17) is 69.6 Å². The number of alkyl halides is 6. The maximum absolute atomic E-state index is 6.70. The van der Waals surface area contributed by atoms with Crippen LogP contribution in [0.4, 0.5) is 0 Å². The van der Waals surface area contributed by atoms with E-state index in [1.165, 1.54) is 51.4 Å². The van der Waals surface area contributed by atoms with Crippen molar-refractivity contribution in [3.05, 3.63) is 0 Å². The number of guanidine groups is 2. The van der Waals surface area contributed by atoms with E-state index in [-0.39, 0.29) is 32.3 Å². The first-order chi connectivity index (χ1) is 22.3. The Morgan fingerprint density at radius 3 is 1.54 bits per heavy atom. The highest BCUT2D eigenvalue weighted by Crippen LogP contribution is 2.40. The quantitative estimate of drug-likeness (QED) is 0.188. The van der Waals surface area contributed by atoms with Gasteiger partial charge in [-0.2, -0.15) is 0 Å². The zero-order chi connectivity index (χ0) is 32.5. The molecule has 0 aromatic carbocycles. The monoisotopic (exact) mass is 758 g/mol. The second-order valence-corrected chi connectivity index (χ2v) is 17.9. The van der Waals surface area contributed by atoms with E-state index in [1.54, 1.807) is 0 Å². The van der Waals surface area contributed by atoms with Gasteiger partial charge in [0.15, 0.2) is 11.9 Å². The van der Waals surface area contributed by atoms with Crippen molar-refractivity contribution in [2.75, 3.05) is 26.2 Å². The summed E-state index contributed by atoms with van der Waals surface area (Å²) in [5.41, 5.74) is 0. The summed E-state index contributed by atoms with van der Waals surface area (Å²) in [6.45, 7) is 3.57. The molecule has 4 fully saturated rings. The van der Waals surface area contributed by atoms with Crippen LogP contribution in [0.15, 0.2) is 9.98 Å². The normalized spacial score (nSPS) is 38.3. The van der Waals surface area contributed by atoms with Gasteiger partial charge in [0, 0.05) is 30.6 Å². The summed E-state index contributed by atoms with van der Waals surface area (Å²) >= 11 is 39.0. The molecule has 11 unspecified atom stereocenters. The molecule has 4 saturated carbocycles. The summed E-state index contributed by atoms with van der Waals surface area (Å²) in [6.07, 6.45) is 19.1. The lowest BCUT2D eigenvalue weighted by Gasteiger charge is -2.40. The van der Waals surface area contributed by atoms with Crippen molar-refractivity contribution >= 4 is 81.5 Å². The third kappa shape index (κ3) is 10.9. The Kier molecular flexibility index (Phi) is 15.5. The predicted octanol–water partition coefficient (Wildman–Crippen LogP) is 8.21. The van der Waals surface area contributed by atoms with Crippen molar-refractivity contribution in [2.45, 2.75) is 147 Å². The van der Waals surface area contributed by atoms with Gasteiger partial charge >= 0.3 is 0 Å². The summed E-state index contributed by atoms with van der Waals surface area (Å²) in [7, 11) is 0. The van der Waals surface area contributed by atoms with Gasteiger partial charge in [-0.05, 0) is 81.5 Å². The molecular weight excluding hydrogens is 705 g/mol. The molecule has 2 heterocycles. The van der Waals surface area contributed by atoms with Crippen LogP contribution < -0.4 is 21.3 Å². The molecule has 0 radical (unpaired) electrons. The van der Waals surface area contributed by atoms with E-state index in [2.05, 4.69) is 31.3 Å². The number of aliphatic imine (C=N–C) groups is 2. The van der Waals surface area contributed by atoms with Crippen LogP contribution in [0.5, 0.6) is 0 Å². The van der Waals surface area contributed by atoms with Crippen molar-refractivity contribution in [2.24, 2.45) is 33.7 Å². The van der Waals surface area contributed by atoms with E-state index in [0.29, 0.717) is 29.8 Å². The van der Waals surface area contributed by atoms with Gasteiger partial charge in [0.05, 0.1) is 40.0 Å². The van der Waals surface area contributed by atoms with Gasteiger partial charge < -0.3 is 21.3 Å². The molecule has 4 aliphatic carbocycles. The molecule has 0 saturated heterocycles. The highest BCUT2D eigenvalue weighted by molar-refractivity contribution is 6.31. The van der Waals surface area contributed by atoms with Gasteiger partial charge in [0.25, 0.3) is 0 Å². The van der Waals surface area contributed by atoms with Gasteiger partial charge in [0.2, 0.25) is 0 Å². The summed E-state index contributed by atoms with van der Waals surface area (Å²) in [4.78, 5) is 9.03. The van der Waals surface area contributed by atoms with Crippen LogP contribution >= 0.6 is 69.6 Å². The van der Waals surface area contributed by atoms with Crippen molar-refractivity contribution in [3.63, 3.8) is 0 Å². The molecule has 12 heteroatoms. The largest absolute Gasteiger partial charge is 0.355 e. The van der Waals surface area contributed by atoms with Crippen LogP contribution in [0.2, 0.25) is 0 Å². The van der Waals surface area contributed by atoms with Crippen molar-refractivity contribution < 1.29 is 0 Å². The Balaban J connectivity index is 0.000000182. The van der Waals surface area contributed by atoms with Gasteiger partial charge in [-0.1, -0.05) is 44.9 Å². The first-order valence-electron chi connectivity index (χ1n) is 18.2. The molecule has 11 atom stereocenters. The highest BCUT2D eigenvalue weighted by atomic mass is 35.5. The van der Waals surface area contributed by atoms with Gasteiger partial charge in [-0.15, -0.1) is 69.6 Å². The lowest BCUT2D eigenvalue weighted by atomic mass is 9.76. The number of halogens is 6. The zero-order valence-electron chi connectivity index (χ0n) is 27.2. The minimum absolute atomic E-state index is 0.0103. The van der Waals surface area contributed by atoms with Gasteiger partial charge in [0.1, 0.15) is 0 Å². The predicted molar refractivity (Wildman–Crippen MR) is 200 cm³/mol. The fraction of sp³-hybridized carbons (Fsp3) is 0.941. The van der Waals surface area contributed by atoms with Gasteiger partial charge in [-0.25, -0.2) is 0 Å². The molecule has 6 aliphatic rings. The minimum Gasteiger partial charge on any atom is -0.355 e. The molecular formula is C34H56Cl6N6. The van der Waals surface area contributed by atoms with E-state index in [9.17, 15) is 0 Å². The third-order valence-corrected chi connectivity index (χ3v) is 14.9. The molecule has 0 aromatic rings. The second kappa shape index (κ2) is 19.0. The molecule has 6 nitrogen and oxygen atoms in total. The molecule has 6 rings (SSSR count). The first-order valence-corrected chi connectivity index (χ1v) is 20.8. The Bertz CT molecular complexity index is 982. The lowest BCUT2D eigenvalue weighted by Crippen LogP contribution is -2.50. The van der Waals surface area contributed by atoms with Crippen LogP contribution in [-0.2, 0) is 0 Å². The standard InChI is InChI=1S/C17H27Cl4N3.C17H29Cl2N3/c18-12-5-4-10(8-14(12)20)9-15(24-17-22-6-7-23-17)11-2-1-3-13(19)16(11)21;18-14-8-4-7-13(16(14)19)15(22-17-20-9-10-21-17)11-12-5-2-1-3-6-12/h10-16H,1-9H2,(H2,22,23,24);12-16H,1-11H2,(H2,20,21,22). The van der Waals surface area contributed by atoms with Crippen LogP contribution in [0, 0.1) is 23.7 Å². The molecule has 264 valence electrons. The van der Waals surface area contributed by atoms with Crippen LogP contribution in [0.25, 0.3) is 0 Å². The Labute approximate surface area is 308 Å². The average Bonchev–Trinajstić information content (AvgIpc) is 3.77. The van der Waals surface area contributed by atoms with Crippen molar-refractivity contribution in [1.82, 2.24) is 21.3 Å². The number of hydrogen-bond donors (Lipinski definition) is 4. The Morgan fingerprint density at radius 2 is 1.07 bits per heavy atom. The van der Waals surface area contributed by atoms with Crippen LogP contribution in [-0.4, -0.2) is 82.4 Å². The van der Waals surface area contributed by atoms with Crippen molar-refractivity contribution in [1.29, 1.82) is 0 Å². The fourth-order valence-electron chi connectivity index (χ4n) is 8.65. The van der Waals surface area contributed by atoms with Gasteiger partial charge in [-0.3, -0.25) is 9.98 Å². The zero-order valence-corrected chi connectivity index (χ0v) is 31.8. The molecule has 0 amide bonds. The summed E-state index contributed by atoms with van der Waals surface area (Å²) in [5.74, 6) is 4.14. The fourth-order valence-corrected chi connectivity index (χ4v) is 10.8. The van der Waals surface area contributed by atoms with E-state index in [0.717, 1.165) is 95.4 Å². The number of rotatable bonds is 8. The smallest absolute Gasteiger partial charge is 0.191 e. The van der Waals surface area contributed by atoms with Crippen LogP contribution in [0.3, 0.4) is 0 Å². The number of nitrogens with one attached hydrogen (secondary N) is 4. The average molecular weight is 762 g/mol. The first kappa shape index (κ1) is 37.5. The molecule has 0 aromatic heterocycles. The highest BCUT2D eigenvalue weighted by Gasteiger charge is 2.40. The minimum atomic E-state index is 0.0103. The topological polar surface area (TPSA) is 72.8 Å². The molecule has 4 N–H and O–H groups in total. The summed E-state index contributed by atoms with van der Waals surface area (Å²) < 4.78 is 0. The van der Waals surface area contributed by atoms with Crippen molar-refractivity contribution in [3.8, 4) is 0 Å². The summed E-state index contributed by atoms with van der Waals surface area (Å²) in [5, 5.41) is 14.4. The number of nitrogens with zero attached hydrogens (tertiary/aromatic N) is 2. The van der Waals surface area contributed by atoms with E-state index >= 15 is 0 Å². The molecule has 46 heavy (non-hydrogen) atoms. The molecule has 2 aliphatic heterocycles. The maximum Gasteiger partial charge on any atom is 0.191 e. The van der Waals surface area contributed by atoms with E-state index < -0.39 is 0 Å². The SMILES string of the molecule is ClC1CCC(CC(NC2=NCCN2)C2CCCC(Cl)C2Cl)CC1Cl.ClC1CCCC(C(CC2CCCCC2)NC2=NCCN2)C1Cl. The Hall–Kier alpha value is 0.280. The second-order valence-electron chi connectivity index (χ2n) is 14.6. The van der Waals surface area contributed by atoms with Crippen LogP contribution in [0.1, 0.15) is 103 Å². The molecule has 0 bridgehead atoms. The third-order valence-electron chi connectivity index (χ3n) is 11.3. The number of hydrogen-bond acceptors (Lipinski definition) is 6. The molecule has 0 spiro atoms. The lowest BCUT2D eigenvalue weighted by molar-refractivity contribution is 0.232. The van der Waals surface area contributed by atoms with E-state index in [1.807, 2.05) is 0 Å². The summed E-state index contributed by atoms with van der Waals surface area (Å²) in [6, 6.07) is 0.704. The maximum atomic E-state index is 6.70. The Morgan fingerprint density at radius 1 is 0.543 bits per heavy atom.